The van der Waals surface area contributed by atoms with Gasteiger partial charge < -0.3 is 24.0 Å². The molecule has 2 amide bonds. The summed E-state index contributed by atoms with van der Waals surface area (Å²) in [5, 5.41) is 0. The largest absolute Gasteiger partial charge is 0.493 e. The molecule has 0 N–H and O–H groups in total. The number of carbonyl (C=O) groups is 2. The van der Waals surface area contributed by atoms with Gasteiger partial charge in [-0.05, 0) is 40.6 Å². The second-order valence-electron chi connectivity index (χ2n) is 6.44. The molecule has 7 nitrogen and oxygen atoms in total. The number of ether oxygens (including phenoxy) is 3. The van der Waals surface area contributed by atoms with Crippen LogP contribution in [0.3, 0.4) is 0 Å². The van der Waals surface area contributed by atoms with Crippen LogP contribution in [0.5, 0.6) is 11.5 Å². The van der Waals surface area contributed by atoms with Gasteiger partial charge in [0.15, 0.2) is 11.5 Å². The van der Waals surface area contributed by atoms with E-state index in [9.17, 15) is 9.59 Å². The Balaban J connectivity index is 2.01. The number of benzene rings is 1. The normalized spacial score (nSPS) is 14.4. The van der Waals surface area contributed by atoms with Crippen molar-refractivity contribution in [2.24, 2.45) is 5.92 Å². The Morgan fingerprint density at radius 3 is 2.12 bits per heavy atom. The van der Waals surface area contributed by atoms with Crippen molar-refractivity contribution in [1.29, 1.82) is 0 Å². The van der Waals surface area contributed by atoms with E-state index in [4.69, 9.17) is 14.2 Å². The molecule has 144 valence electrons. The minimum absolute atomic E-state index is 0.0782. The van der Waals surface area contributed by atoms with Crippen molar-refractivity contribution in [2.75, 3.05) is 47.0 Å². The summed E-state index contributed by atoms with van der Waals surface area (Å²) < 4.78 is 16.6. The van der Waals surface area contributed by atoms with Crippen molar-refractivity contribution in [3.63, 3.8) is 0 Å². The molecule has 2 rings (SSSR count). The van der Waals surface area contributed by atoms with Gasteiger partial charge in [-0.15, -0.1) is 0 Å². The summed E-state index contributed by atoms with van der Waals surface area (Å²) in [5.41, 5.74) is 0.569. The van der Waals surface area contributed by atoms with Gasteiger partial charge in [0.05, 0.1) is 26.4 Å². The van der Waals surface area contributed by atoms with Crippen LogP contribution in [0.4, 0.5) is 4.79 Å². The lowest BCUT2D eigenvalue weighted by atomic mass is 10.1. The lowest BCUT2D eigenvalue weighted by molar-refractivity contribution is 0.0534. The van der Waals surface area contributed by atoms with E-state index < -0.39 is 0 Å². The standard InChI is InChI=1S/C18H25IN2O5/c1-12(2)11-26-18(23)21-7-5-20(6-8-21)17(22)13-9-15(24-3)16(25-4)10-14(13)19/h9-10,12H,5-8,11H2,1-4H3. The van der Waals surface area contributed by atoms with Gasteiger partial charge in [0.2, 0.25) is 0 Å². The summed E-state index contributed by atoms with van der Waals surface area (Å²) >= 11 is 2.12. The van der Waals surface area contributed by atoms with Crippen LogP contribution in [0.1, 0.15) is 24.2 Å². The molecule has 8 heteroatoms. The van der Waals surface area contributed by atoms with Crippen molar-refractivity contribution < 1.29 is 23.8 Å². The van der Waals surface area contributed by atoms with E-state index in [-0.39, 0.29) is 12.0 Å². The fourth-order valence-corrected chi connectivity index (χ4v) is 3.28. The Morgan fingerprint density at radius 1 is 1.04 bits per heavy atom. The third kappa shape index (κ3) is 4.93. The number of methoxy groups -OCH3 is 2. The monoisotopic (exact) mass is 476 g/mol. The molecular weight excluding hydrogens is 451 g/mol. The molecule has 1 aliphatic heterocycles. The number of piperazine rings is 1. The van der Waals surface area contributed by atoms with Crippen molar-refractivity contribution >= 4 is 34.6 Å². The van der Waals surface area contributed by atoms with Gasteiger partial charge in [-0.25, -0.2) is 4.79 Å². The molecule has 0 saturated carbocycles. The molecule has 1 aromatic rings. The Hall–Kier alpha value is -1.71. The van der Waals surface area contributed by atoms with Crippen LogP contribution < -0.4 is 9.47 Å². The fourth-order valence-electron chi connectivity index (χ4n) is 2.61. The zero-order valence-corrected chi connectivity index (χ0v) is 17.7. The number of rotatable bonds is 5. The smallest absolute Gasteiger partial charge is 0.409 e. The number of nitrogens with zero attached hydrogens (tertiary/aromatic N) is 2. The molecule has 26 heavy (non-hydrogen) atoms. The maximum absolute atomic E-state index is 12.9. The first-order chi connectivity index (χ1) is 12.4. The zero-order valence-electron chi connectivity index (χ0n) is 15.6. The van der Waals surface area contributed by atoms with E-state index in [0.717, 1.165) is 3.57 Å². The van der Waals surface area contributed by atoms with Crippen LogP contribution in [0.2, 0.25) is 0 Å². The lowest BCUT2D eigenvalue weighted by Crippen LogP contribution is -2.51. The minimum atomic E-state index is -0.313. The molecular formula is C18H25IN2O5. The molecule has 0 aromatic heterocycles. The molecule has 1 fully saturated rings. The van der Waals surface area contributed by atoms with E-state index in [1.165, 1.54) is 0 Å². The first-order valence-corrected chi connectivity index (χ1v) is 9.57. The van der Waals surface area contributed by atoms with Gasteiger partial charge in [0.25, 0.3) is 5.91 Å². The van der Waals surface area contributed by atoms with E-state index >= 15 is 0 Å². The molecule has 0 aliphatic carbocycles. The second kappa shape index (κ2) is 9.29. The summed E-state index contributed by atoms with van der Waals surface area (Å²) in [7, 11) is 3.10. The lowest BCUT2D eigenvalue weighted by Gasteiger charge is -2.34. The Bertz CT molecular complexity index is 657. The van der Waals surface area contributed by atoms with Gasteiger partial charge >= 0.3 is 6.09 Å². The second-order valence-corrected chi connectivity index (χ2v) is 7.60. The number of amides is 2. The van der Waals surface area contributed by atoms with Crippen LogP contribution in [0, 0.1) is 9.49 Å². The molecule has 0 unspecified atom stereocenters. The molecule has 0 radical (unpaired) electrons. The maximum atomic E-state index is 12.9. The van der Waals surface area contributed by atoms with E-state index in [0.29, 0.717) is 55.8 Å². The molecule has 1 heterocycles. The molecule has 1 saturated heterocycles. The molecule has 1 aromatic carbocycles. The van der Waals surface area contributed by atoms with Gasteiger partial charge in [-0.2, -0.15) is 0 Å². The predicted molar refractivity (Wildman–Crippen MR) is 106 cm³/mol. The molecule has 1 aliphatic rings. The highest BCUT2D eigenvalue weighted by Crippen LogP contribution is 2.32. The SMILES string of the molecule is COc1cc(I)c(C(=O)N2CCN(C(=O)OCC(C)C)CC2)cc1OC. The van der Waals surface area contributed by atoms with E-state index in [2.05, 4.69) is 22.6 Å². The Labute approximate surface area is 167 Å². The average molecular weight is 476 g/mol. The highest BCUT2D eigenvalue weighted by molar-refractivity contribution is 14.1. The predicted octanol–water partition coefficient (Wildman–Crippen LogP) is 2.86. The van der Waals surface area contributed by atoms with E-state index in [1.807, 2.05) is 13.8 Å². The van der Waals surface area contributed by atoms with Gasteiger partial charge in [-0.1, -0.05) is 13.8 Å². The summed E-state index contributed by atoms with van der Waals surface area (Å²) in [5.74, 6) is 1.33. The van der Waals surface area contributed by atoms with Crippen LogP contribution in [-0.4, -0.2) is 68.8 Å². The van der Waals surface area contributed by atoms with Crippen LogP contribution in [0.25, 0.3) is 0 Å². The first-order valence-electron chi connectivity index (χ1n) is 8.49. The molecule has 0 atom stereocenters. The molecule has 0 spiro atoms. The fraction of sp³-hybridized carbons (Fsp3) is 0.556. The first kappa shape index (κ1) is 20.6. The quantitative estimate of drug-likeness (QED) is 0.612. The summed E-state index contributed by atoms with van der Waals surface area (Å²) in [6, 6.07) is 3.48. The zero-order chi connectivity index (χ0) is 19.3. The number of hydrogen-bond acceptors (Lipinski definition) is 5. The summed E-state index contributed by atoms with van der Waals surface area (Å²) in [6.07, 6.45) is -0.313. The van der Waals surface area contributed by atoms with Gasteiger partial charge in [-0.3, -0.25) is 4.79 Å². The van der Waals surface area contributed by atoms with Crippen LogP contribution in [0.15, 0.2) is 12.1 Å². The van der Waals surface area contributed by atoms with E-state index in [1.54, 1.807) is 36.2 Å². The Morgan fingerprint density at radius 2 is 1.58 bits per heavy atom. The minimum Gasteiger partial charge on any atom is -0.493 e. The van der Waals surface area contributed by atoms with Gasteiger partial charge in [0, 0.05) is 29.7 Å². The van der Waals surface area contributed by atoms with Crippen molar-refractivity contribution in [2.45, 2.75) is 13.8 Å². The number of carbonyl (C=O) groups excluding carboxylic acids is 2. The number of hydrogen-bond donors (Lipinski definition) is 0. The average Bonchev–Trinajstić information content (AvgIpc) is 2.65. The third-order valence-electron chi connectivity index (χ3n) is 4.07. The number of halogens is 1. The summed E-state index contributed by atoms with van der Waals surface area (Å²) in [6.45, 7) is 6.27. The van der Waals surface area contributed by atoms with Crippen molar-refractivity contribution in [3.8, 4) is 11.5 Å². The maximum Gasteiger partial charge on any atom is 0.409 e. The van der Waals surface area contributed by atoms with Crippen LogP contribution >= 0.6 is 22.6 Å². The summed E-state index contributed by atoms with van der Waals surface area (Å²) in [4.78, 5) is 28.3. The van der Waals surface area contributed by atoms with Crippen molar-refractivity contribution in [3.05, 3.63) is 21.3 Å². The van der Waals surface area contributed by atoms with Gasteiger partial charge in [0.1, 0.15) is 0 Å². The third-order valence-corrected chi connectivity index (χ3v) is 4.96. The highest BCUT2D eigenvalue weighted by atomic mass is 127. The topological polar surface area (TPSA) is 68.3 Å². The molecule has 0 bridgehead atoms. The van der Waals surface area contributed by atoms with Crippen molar-refractivity contribution in [1.82, 2.24) is 9.80 Å². The highest BCUT2D eigenvalue weighted by Gasteiger charge is 2.27. The Kier molecular flexibility index (Phi) is 7.36. The van der Waals surface area contributed by atoms with Crippen LogP contribution in [-0.2, 0) is 4.74 Å².